The van der Waals surface area contributed by atoms with E-state index in [1.165, 1.54) is 0 Å². The van der Waals surface area contributed by atoms with Gasteiger partial charge in [-0.15, -0.1) is 6.58 Å². The molecule has 14 heavy (non-hydrogen) atoms. The fraction of sp³-hybridized carbons (Fsp3) is 0.700. The second-order valence-corrected chi connectivity index (χ2v) is 3.89. The zero-order valence-electron chi connectivity index (χ0n) is 8.70. The maximum atomic E-state index is 11.5. The summed E-state index contributed by atoms with van der Waals surface area (Å²) in [5.74, 6) is -0.0646. The summed E-state index contributed by atoms with van der Waals surface area (Å²) < 4.78 is 0. The molecule has 0 bridgehead atoms. The molecule has 4 nitrogen and oxygen atoms in total. The molecule has 0 saturated carbocycles. The van der Waals surface area contributed by atoms with Gasteiger partial charge in [-0.2, -0.15) is 0 Å². The van der Waals surface area contributed by atoms with Gasteiger partial charge < -0.3 is 16.0 Å². The summed E-state index contributed by atoms with van der Waals surface area (Å²) >= 11 is 0. The molecule has 0 aliphatic carbocycles. The number of hydrogen-bond acceptors (Lipinski definition) is 3. The van der Waals surface area contributed by atoms with Crippen molar-refractivity contribution in [2.75, 3.05) is 20.1 Å². The van der Waals surface area contributed by atoms with Crippen molar-refractivity contribution in [2.24, 2.45) is 5.73 Å². The highest BCUT2D eigenvalue weighted by Gasteiger charge is 2.22. The third-order valence-corrected chi connectivity index (χ3v) is 2.50. The van der Waals surface area contributed by atoms with Crippen molar-refractivity contribution in [1.29, 1.82) is 0 Å². The largest absolute Gasteiger partial charge is 0.351 e. The Kier molecular flexibility index (Phi) is 4.10. The van der Waals surface area contributed by atoms with Crippen LogP contribution >= 0.6 is 0 Å². The number of carbonyl (C=O) groups excluding carboxylic acids is 1. The molecular weight excluding hydrogens is 178 g/mol. The Hall–Kier alpha value is -0.870. The van der Waals surface area contributed by atoms with Gasteiger partial charge in [0.25, 0.3) is 0 Å². The highest BCUT2D eigenvalue weighted by molar-refractivity contribution is 5.81. The van der Waals surface area contributed by atoms with E-state index in [0.717, 1.165) is 19.5 Å². The van der Waals surface area contributed by atoms with Gasteiger partial charge in [-0.3, -0.25) is 4.79 Å². The Morgan fingerprint density at radius 1 is 1.86 bits per heavy atom. The summed E-state index contributed by atoms with van der Waals surface area (Å²) in [6.45, 7) is 5.53. The Morgan fingerprint density at radius 2 is 2.57 bits per heavy atom. The van der Waals surface area contributed by atoms with E-state index in [0.29, 0.717) is 6.42 Å². The SMILES string of the molecule is C=CCC(N)C(=O)NC1CCN(C)C1. The van der Waals surface area contributed by atoms with Gasteiger partial charge >= 0.3 is 0 Å². The van der Waals surface area contributed by atoms with Crippen molar-refractivity contribution in [2.45, 2.75) is 24.9 Å². The number of rotatable bonds is 4. The zero-order chi connectivity index (χ0) is 10.6. The molecule has 1 fully saturated rings. The van der Waals surface area contributed by atoms with Crippen LogP contribution in [0.5, 0.6) is 0 Å². The summed E-state index contributed by atoms with van der Waals surface area (Å²) in [7, 11) is 2.05. The first kappa shape index (κ1) is 11.2. The summed E-state index contributed by atoms with van der Waals surface area (Å²) in [5.41, 5.74) is 5.64. The average molecular weight is 197 g/mol. The van der Waals surface area contributed by atoms with Crippen molar-refractivity contribution in [3.8, 4) is 0 Å². The first-order chi connectivity index (χ1) is 6.63. The molecule has 0 spiro atoms. The minimum Gasteiger partial charge on any atom is -0.351 e. The third-order valence-electron chi connectivity index (χ3n) is 2.50. The van der Waals surface area contributed by atoms with Crippen molar-refractivity contribution in [3.05, 3.63) is 12.7 Å². The Bertz CT molecular complexity index is 217. The lowest BCUT2D eigenvalue weighted by molar-refractivity contribution is -0.122. The molecule has 1 amide bonds. The first-order valence-electron chi connectivity index (χ1n) is 4.99. The number of nitrogens with one attached hydrogen (secondary N) is 1. The fourth-order valence-corrected chi connectivity index (χ4v) is 1.65. The zero-order valence-corrected chi connectivity index (χ0v) is 8.70. The summed E-state index contributed by atoms with van der Waals surface area (Å²) in [5, 5.41) is 2.94. The molecule has 0 aromatic heterocycles. The monoisotopic (exact) mass is 197 g/mol. The van der Waals surface area contributed by atoms with E-state index in [4.69, 9.17) is 5.73 Å². The topological polar surface area (TPSA) is 58.4 Å². The number of likely N-dealkylation sites (N-methyl/N-ethyl adjacent to an activating group) is 1. The number of nitrogens with two attached hydrogens (primary N) is 1. The van der Waals surface area contributed by atoms with E-state index in [9.17, 15) is 4.79 Å². The van der Waals surface area contributed by atoms with Gasteiger partial charge in [-0.25, -0.2) is 0 Å². The molecule has 1 saturated heterocycles. The fourth-order valence-electron chi connectivity index (χ4n) is 1.65. The van der Waals surface area contributed by atoms with Crippen LogP contribution in [-0.2, 0) is 4.79 Å². The van der Waals surface area contributed by atoms with Gasteiger partial charge in [0.15, 0.2) is 0 Å². The van der Waals surface area contributed by atoms with Crippen LogP contribution in [0, 0.1) is 0 Å². The molecule has 1 rings (SSSR count). The van der Waals surface area contributed by atoms with Crippen LogP contribution in [0.4, 0.5) is 0 Å². The highest BCUT2D eigenvalue weighted by Crippen LogP contribution is 2.06. The van der Waals surface area contributed by atoms with Gasteiger partial charge in [0.05, 0.1) is 6.04 Å². The van der Waals surface area contributed by atoms with Gasteiger partial charge in [0.2, 0.25) is 5.91 Å². The number of nitrogens with zero attached hydrogens (tertiary/aromatic N) is 1. The standard InChI is InChI=1S/C10H19N3O/c1-3-4-9(11)10(14)12-8-5-6-13(2)7-8/h3,8-9H,1,4-7,11H2,2H3,(H,12,14). The lowest BCUT2D eigenvalue weighted by atomic mass is 10.2. The lowest BCUT2D eigenvalue weighted by Gasteiger charge is -2.15. The molecule has 1 aliphatic rings. The predicted molar refractivity (Wildman–Crippen MR) is 56.8 cm³/mol. The van der Waals surface area contributed by atoms with E-state index in [1.807, 2.05) is 0 Å². The molecule has 1 heterocycles. The molecule has 0 aromatic carbocycles. The molecule has 1 aliphatic heterocycles. The van der Waals surface area contributed by atoms with Crippen molar-refractivity contribution < 1.29 is 4.79 Å². The third kappa shape index (κ3) is 3.12. The van der Waals surface area contributed by atoms with Crippen LogP contribution in [0.25, 0.3) is 0 Å². The summed E-state index contributed by atoms with van der Waals surface area (Å²) in [4.78, 5) is 13.7. The van der Waals surface area contributed by atoms with Gasteiger partial charge in [0, 0.05) is 12.6 Å². The molecule has 3 N–H and O–H groups in total. The smallest absolute Gasteiger partial charge is 0.237 e. The number of likely N-dealkylation sites (tertiary alicyclic amines) is 1. The van der Waals surface area contributed by atoms with Crippen molar-refractivity contribution in [1.82, 2.24) is 10.2 Å². The quantitative estimate of drug-likeness (QED) is 0.609. The van der Waals surface area contributed by atoms with E-state index in [-0.39, 0.29) is 11.9 Å². The van der Waals surface area contributed by atoms with E-state index in [1.54, 1.807) is 6.08 Å². The van der Waals surface area contributed by atoms with Crippen LogP contribution in [0.1, 0.15) is 12.8 Å². The van der Waals surface area contributed by atoms with E-state index in [2.05, 4.69) is 23.8 Å². The van der Waals surface area contributed by atoms with Crippen LogP contribution in [0.2, 0.25) is 0 Å². The van der Waals surface area contributed by atoms with Crippen LogP contribution in [0.3, 0.4) is 0 Å². The van der Waals surface area contributed by atoms with E-state index >= 15 is 0 Å². The second-order valence-electron chi connectivity index (χ2n) is 3.89. The molecule has 80 valence electrons. The normalized spacial score (nSPS) is 24.6. The van der Waals surface area contributed by atoms with Gasteiger partial charge in [-0.05, 0) is 26.4 Å². The summed E-state index contributed by atoms with van der Waals surface area (Å²) in [6, 6.07) is -0.179. The minimum atomic E-state index is -0.446. The average Bonchev–Trinajstić information content (AvgIpc) is 2.51. The molecule has 0 radical (unpaired) electrons. The highest BCUT2D eigenvalue weighted by atomic mass is 16.2. The maximum absolute atomic E-state index is 11.5. The van der Waals surface area contributed by atoms with Crippen molar-refractivity contribution in [3.63, 3.8) is 0 Å². The minimum absolute atomic E-state index is 0.0646. The Labute approximate surface area is 85.1 Å². The number of amides is 1. The first-order valence-corrected chi connectivity index (χ1v) is 4.99. The molecule has 2 unspecified atom stereocenters. The second kappa shape index (κ2) is 5.12. The Balaban J connectivity index is 2.29. The van der Waals surface area contributed by atoms with Gasteiger partial charge in [0.1, 0.15) is 0 Å². The molecule has 0 aromatic rings. The number of carbonyl (C=O) groups is 1. The Morgan fingerprint density at radius 3 is 3.07 bits per heavy atom. The van der Waals surface area contributed by atoms with Crippen LogP contribution < -0.4 is 11.1 Å². The van der Waals surface area contributed by atoms with Crippen molar-refractivity contribution >= 4 is 5.91 Å². The summed E-state index contributed by atoms with van der Waals surface area (Å²) in [6.07, 6.45) is 3.22. The molecule has 4 heteroatoms. The lowest BCUT2D eigenvalue weighted by Crippen LogP contribution is -2.45. The predicted octanol–water partition coefficient (Wildman–Crippen LogP) is -0.290. The van der Waals surface area contributed by atoms with Gasteiger partial charge in [-0.1, -0.05) is 6.08 Å². The maximum Gasteiger partial charge on any atom is 0.237 e. The van der Waals surface area contributed by atoms with E-state index < -0.39 is 6.04 Å². The van der Waals surface area contributed by atoms with Crippen LogP contribution in [0.15, 0.2) is 12.7 Å². The molecule has 2 atom stereocenters. The number of hydrogen-bond donors (Lipinski definition) is 2. The molecular formula is C10H19N3O. The van der Waals surface area contributed by atoms with Crippen LogP contribution in [-0.4, -0.2) is 43.0 Å².